The third kappa shape index (κ3) is 3.87. The van der Waals surface area contributed by atoms with Crippen LogP contribution in [0.1, 0.15) is 22.5 Å². The van der Waals surface area contributed by atoms with Gasteiger partial charge in [-0.2, -0.15) is 0 Å². The summed E-state index contributed by atoms with van der Waals surface area (Å²) in [6, 6.07) is 15.5. The molecule has 2 heterocycles. The number of nitrogens with zero attached hydrogens (tertiary/aromatic N) is 2. The van der Waals surface area contributed by atoms with Gasteiger partial charge in [-0.3, -0.25) is 19.8 Å². The average Bonchev–Trinajstić information content (AvgIpc) is 2.95. The molecule has 1 aromatic heterocycles. The fourth-order valence-corrected chi connectivity index (χ4v) is 5.17. The van der Waals surface area contributed by atoms with Gasteiger partial charge in [0.15, 0.2) is 5.11 Å². The lowest BCUT2D eigenvalue weighted by Crippen LogP contribution is -2.54. The van der Waals surface area contributed by atoms with Crippen molar-refractivity contribution in [1.29, 1.82) is 0 Å². The summed E-state index contributed by atoms with van der Waals surface area (Å²) >= 11 is 12.4. The van der Waals surface area contributed by atoms with Gasteiger partial charge in [0, 0.05) is 31.6 Å². The van der Waals surface area contributed by atoms with Crippen molar-refractivity contribution in [2.24, 2.45) is 0 Å². The van der Waals surface area contributed by atoms with Gasteiger partial charge in [0.1, 0.15) is 5.57 Å². The highest BCUT2D eigenvalue weighted by atomic mass is 79.9. The van der Waals surface area contributed by atoms with Gasteiger partial charge in [-0.05, 0) is 90.9 Å². The molecule has 4 rings (SSSR count). The Morgan fingerprint density at radius 2 is 1.66 bits per heavy atom. The lowest BCUT2D eigenvalue weighted by atomic mass is 10.1. The molecule has 0 saturated carbocycles. The van der Waals surface area contributed by atoms with Crippen LogP contribution in [-0.2, 0) is 9.59 Å². The van der Waals surface area contributed by atoms with Crippen LogP contribution in [0.25, 0.3) is 11.8 Å². The third-order valence-electron chi connectivity index (χ3n) is 5.42. The minimum atomic E-state index is -0.512. The average molecular weight is 573 g/mol. The first-order valence-electron chi connectivity index (χ1n) is 9.81. The minimum absolute atomic E-state index is 0.0231. The van der Waals surface area contributed by atoms with E-state index in [4.69, 9.17) is 12.2 Å². The molecule has 0 atom stereocenters. The Kier molecular flexibility index (Phi) is 6.20. The zero-order valence-electron chi connectivity index (χ0n) is 17.6. The molecular weight excluding hydrogens is 554 g/mol. The number of benzene rings is 2. The van der Waals surface area contributed by atoms with Crippen LogP contribution in [0, 0.1) is 20.8 Å². The fourth-order valence-electron chi connectivity index (χ4n) is 3.85. The molecule has 2 aromatic carbocycles. The van der Waals surface area contributed by atoms with Crippen LogP contribution in [0.2, 0.25) is 0 Å². The van der Waals surface area contributed by atoms with Gasteiger partial charge in [-0.15, -0.1) is 0 Å². The number of amides is 2. The fraction of sp³-hybridized carbons (Fsp3) is 0.125. The zero-order valence-corrected chi connectivity index (χ0v) is 21.6. The van der Waals surface area contributed by atoms with Crippen molar-refractivity contribution in [2.45, 2.75) is 20.8 Å². The van der Waals surface area contributed by atoms with E-state index < -0.39 is 11.8 Å². The van der Waals surface area contributed by atoms with Crippen molar-refractivity contribution in [3.63, 3.8) is 0 Å². The summed E-state index contributed by atoms with van der Waals surface area (Å²) in [5, 5.41) is 2.72. The second-order valence-corrected chi connectivity index (χ2v) is 9.55. The predicted molar refractivity (Wildman–Crippen MR) is 138 cm³/mol. The van der Waals surface area contributed by atoms with Crippen molar-refractivity contribution < 1.29 is 9.59 Å². The largest absolute Gasteiger partial charge is 0.317 e. The summed E-state index contributed by atoms with van der Waals surface area (Å²) in [6.07, 6.45) is 1.63. The highest BCUT2D eigenvalue weighted by molar-refractivity contribution is 9.10. The number of hydrogen-bond donors (Lipinski definition) is 1. The van der Waals surface area contributed by atoms with Crippen LogP contribution in [-0.4, -0.2) is 21.5 Å². The molecule has 1 aliphatic heterocycles. The lowest BCUT2D eigenvalue weighted by Gasteiger charge is -2.30. The highest BCUT2D eigenvalue weighted by Crippen LogP contribution is 2.34. The molecule has 1 saturated heterocycles. The molecule has 8 heteroatoms. The quantitative estimate of drug-likeness (QED) is 0.247. The van der Waals surface area contributed by atoms with Gasteiger partial charge in [0.25, 0.3) is 11.8 Å². The smallest absolute Gasteiger partial charge is 0.270 e. The Morgan fingerprint density at radius 3 is 2.31 bits per heavy atom. The van der Waals surface area contributed by atoms with Gasteiger partial charge in [0.05, 0.1) is 5.69 Å². The number of rotatable bonds is 3. The molecule has 32 heavy (non-hydrogen) atoms. The lowest BCUT2D eigenvalue weighted by molar-refractivity contribution is -0.122. The topological polar surface area (TPSA) is 54.3 Å². The van der Waals surface area contributed by atoms with E-state index in [1.165, 1.54) is 4.90 Å². The molecule has 0 radical (unpaired) electrons. The first kappa shape index (κ1) is 22.6. The maximum atomic E-state index is 13.4. The number of nitrogens with one attached hydrogen (secondary N) is 1. The molecule has 0 unspecified atom stereocenters. The molecule has 0 spiro atoms. The minimum Gasteiger partial charge on any atom is -0.317 e. The summed E-state index contributed by atoms with van der Waals surface area (Å²) in [6.45, 7) is 5.84. The van der Waals surface area contributed by atoms with Crippen LogP contribution in [0.15, 0.2) is 63.0 Å². The zero-order chi connectivity index (χ0) is 23.2. The number of aromatic nitrogens is 1. The van der Waals surface area contributed by atoms with Gasteiger partial charge in [0.2, 0.25) is 0 Å². The Bertz CT molecular complexity index is 1310. The molecule has 2 amide bonds. The number of carbonyl (C=O) groups excluding carboxylic acids is 2. The van der Waals surface area contributed by atoms with E-state index in [0.29, 0.717) is 5.69 Å². The molecular formula is C24H19Br2N3O2S. The SMILES string of the molecule is Cc1cc(Br)ccc1N1C(=O)/C(=C/c2c(Br)c(C)n(-c3ccccc3)c2C)C(=O)NC1=S. The summed E-state index contributed by atoms with van der Waals surface area (Å²) in [4.78, 5) is 27.6. The summed E-state index contributed by atoms with van der Waals surface area (Å²) in [5.74, 6) is -0.969. The maximum absolute atomic E-state index is 13.4. The van der Waals surface area contributed by atoms with E-state index in [9.17, 15) is 9.59 Å². The molecule has 1 N–H and O–H groups in total. The molecule has 5 nitrogen and oxygen atoms in total. The van der Waals surface area contributed by atoms with Crippen LogP contribution < -0.4 is 10.2 Å². The molecule has 162 valence electrons. The van der Waals surface area contributed by atoms with E-state index >= 15 is 0 Å². The number of halogens is 2. The number of thiocarbonyl (C=S) groups is 1. The van der Waals surface area contributed by atoms with Crippen LogP contribution in [0.3, 0.4) is 0 Å². The molecule has 0 aliphatic carbocycles. The Morgan fingerprint density at radius 1 is 0.969 bits per heavy atom. The highest BCUT2D eigenvalue weighted by Gasteiger charge is 2.35. The van der Waals surface area contributed by atoms with Crippen molar-refractivity contribution in [3.8, 4) is 5.69 Å². The van der Waals surface area contributed by atoms with Gasteiger partial charge < -0.3 is 4.57 Å². The van der Waals surface area contributed by atoms with E-state index in [1.54, 1.807) is 12.1 Å². The second kappa shape index (κ2) is 8.77. The third-order valence-corrected chi connectivity index (χ3v) is 7.20. The molecule has 3 aromatic rings. The summed E-state index contributed by atoms with van der Waals surface area (Å²) in [5.41, 5.74) is 5.16. The van der Waals surface area contributed by atoms with Gasteiger partial charge in [-0.1, -0.05) is 34.1 Å². The van der Waals surface area contributed by atoms with E-state index in [1.807, 2.05) is 63.2 Å². The van der Waals surface area contributed by atoms with Gasteiger partial charge in [-0.25, -0.2) is 0 Å². The molecule has 0 bridgehead atoms. The monoisotopic (exact) mass is 571 g/mol. The van der Waals surface area contributed by atoms with Crippen LogP contribution >= 0.6 is 44.1 Å². The van der Waals surface area contributed by atoms with Crippen LogP contribution in [0.4, 0.5) is 5.69 Å². The maximum Gasteiger partial charge on any atom is 0.270 e. The number of aryl methyl sites for hydroxylation is 1. The van der Waals surface area contributed by atoms with Gasteiger partial charge >= 0.3 is 0 Å². The normalized spacial score (nSPS) is 15.5. The van der Waals surface area contributed by atoms with Crippen molar-refractivity contribution in [2.75, 3.05) is 4.90 Å². The number of anilines is 1. The number of hydrogen-bond acceptors (Lipinski definition) is 3. The summed E-state index contributed by atoms with van der Waals surface area (Å²) in [7, 11) is 0. The van der Waals surface area contributed by atoms with E-state index in [2.05, 4.69) is 41.7 Å². The number of para-hydroxylation sites is 1. The molecule has 1 fully saturated rings. The standard InChI is InChI=1S/C24H19Br2N3O2S/c1-13-11-16(25)9-10-20(13)29-23(31)19(22(30)27-24(29)32)12-18-14(2)28(15(3)21(18)26)17-7-5-4-6-8-17/h4-12H,1-3H3,(H,27,30,32)/b19-12+. The van der Waals surface area contributed by atoms with Crippen LogP contribution in [0.5, 0.6) is 0 Å². The van der Waals surface area contributed by atoms with E-state index in [0.717, 1.165) is 37.1 Å². The first-order valence-corrected chi connectivity index (χ1v) is 11.8. The van der Waals surface area contributed by atoms with Crippen molar-refractivity contribution in [3.05, 3.63) is 85.6 Å². The predicted octanol–water partition coefficient (Wildman–Crippen LogP) is 5.76. The molecule has 1 aliphatic rings. The second-order valence-electron chi connectivity index (χ2n) is 7.46. The van der Waals surface area contributed by atoms with Crippen molar-refractivity contribution in [1.82, 2.24) is 9.88 Å². The Balaban J connectivity index is 1.83. The van der Waals surface area contributed by atoms with Crippen molar-refractivity contribution >= 4 is 72.8 Å². The number of carbonyl (C=O) groups is 2. The summed E-state index contributed by atoms with van der Waals surface area (Å²) < 4.78 is 3.81. The Hall–Kier alpha value is -2.55. The Labute approximate surface area is 208 Å². The van der Waals surface area contributed by atoms with E-state index in [-0.39, 0.29) is 10.7 Å². The first-order chi connectivity index (χ1) is 15.2.